The van der Waals surface area contributed by atoms with Gasteiger partial charge in [-0.05, 0) is 68.4 Å². The van der Waals surface area contributed by atoms with Crippen LogP contribution in [0.4, 0.5) is 4.79 Å². The van der Waals surface area contributed by atoms with Crippen LogP contribution < -0.4 is 0 Å². The second-order valence-corrected chi connectivity index (χ2v) is 8.77. The normalized spacial score (nSPS) is 20.7. The van der Waals surface area contributed by atoms with Crippen molar-refractivity contribution in [3.63, 3.8) is 0 Å². The molecule has 0 N–H and O–H groups in total. The Hall–Kier alpha value is -2.03. The number of amides is 1. The van der Waals surface area contributed by atoms with Crippen LogP contribution in [0.5, 0.6) is 0 Å². The first-order chi connectivity index (χ1) is 12.9. The van der Waals surface area contributed by atoms with E-state index in [0.29, 0.717) is 5.92 Å². The van der Waals surface area contributed by atoms with E-state index >= 15 is 0 Å². The molecular weight excluding hydrogens is 334 g/mol. The molecule has 1 fully saturated rings. The Bertz CT molecular complexity index is 777. The number of fused-ring (bicyclic) bond motifs is 1. The van der Waals surface area contributed by atoms with Gasteiger partial charge in [-0.3, -0.25) is 0 Å². The predicted octanol–water partition coefficient (Wildman–Crippen LogP) is 6.72. The maximum Gasteiger partial charge on any atom is 0.410 e. The molecule has 3 heteroatoms. The molecule has 0 unspecified atom stereocenters. The summed E-state index contributed by atoms with van der Waals surface area (Å²) in [5.41, 5.74) is 0.766. The molecule has 2 atom stereocenters. The number of likely N-dealkylation sites (tertiary alicyclic amines) is 1. The van der Waals surface area contributed by atoms with Gasteiger partial charge in [0.1, 0.15) is 5.60 Å². The molecule has 3 rings (SSSR count). The number of piperidine rings is 1. The van der Waals surface area contributed by atoms with Gasteiger partial charge in [-0.15, -0.1) is 0 Å². The predicted molar refractivity (Wildman–Crippen MR) is 112 cm³/mol. The third kappa shape index (κ3) is 4.82. The minimum Gasteiger partial charge on any atom is -0.444 e. The van der Waals surface area contributed by atoms with Gasteiger partial charge in [-0.2, -0.15) is 0 Å². The monoisotopic (exact) mass is 367 g/mol. The molecule has 0 radical (unpaired) electrons. The van der Waals surface area contributed by atoms with Gasteiger partial charge >= 0.3 is 6.09 Å². The highest BCUT2D eigenvalue weighted by molar-refractivity contribution is 5.83. The van der Waals surface area contributed by atoms with Crippen molar-refractivity contribution < 1.29 is 9.53 Å². The summed E-state index contributed by atoms with van der Waals surface area (Å²) in [7, 11) is 0. The fraction of sp³-hybridized carbons (Fsp3) is 0.542. The molecule has 3 nitrogen and oxygen atoms in total. The van der Waals surface area contributed by atoms with Crippen molar-refractivity contribution in [3.05, 3.63) is 48.0 Å². The topological polar surface area (TPSA) is 29.5 Å². The maximum absolute atomic E-state index is 13.0. The fourth-order valence-corrected chi connectivity index (χ4v) is 4.21. The zero-order valence-electron chi connectivity index (χ0n) is 17.2. The van der Waals surface area contributed by atoms with E-state index in [-0.39, 0.29) is 12.1 Å². The molecule has 0 spiro atoms. The summed E-state index contributed by atoms with van der Waals surface area (Å²) in [6.45, 7) is 8.83. The van der Waals surface area contributed by atoms with Gasteiger partial charge in [0.2, 0.25) is 0 Å². The van der Waals surface area contributed by atoms with Gasteiger partial charge in [0.05, 0.1) is 6.04 Å². The number of ether oxygens (including phenoxy) is 1. The number of carbonyl (C=O) groups excluding carboxylic acids is 1. The zero-order chi connectivity index (χ0) is 19.4. The molecule has 146 valence electrons. The minimum atomic E-state index is -0.471. The van der Waals surface area contributed by atoms with Crippen molar-refractivity contribution >= 4 is 16.9 Å². The summed E-state index contributed by atoms with van der Waals surface area (Å²) in [6.07, 6.45) is 5.60. The number of hydrogen-bond donors (Lipinski definition) is 0. The van der Waals surface area contributed by atoms with Gasteiger partial charge in [0.25, 0.3) is 0 Å². The number of nitrogens with zero attached hydrogens (tertiary/aromatic N) is 1. The van der Waals surface area contributed by atoms with Gasteiger partial charge in [-0.1, -0.05) is 56.2 Å². The largest absolute Gasteiger partial charge is 0.444 e. The van der Waals surface area contributed by atoms with Crippen molar-refractivity contribution in [2.75, 3.05) is 6.54 Å². The quantitative estimate of drug-likeness (QED) is 0.600. The molecule has 2 aromatic rings. The SMILES string of the molecule is CCCC[C@H]1CCCN(C(=O)OC(C)(C)C)[C@@H]1c1ccc2ccccc2c1. The molecule has 0 aliphatic carbocycles. The van der Waals surface area contributed by atoms with E-state index in [1.165, 1.54) is 35.6 Å². The van der Waals surface area contributed by atoms with Crippen LogP contribution in [0, 0.1) is 5.92 Å². The Morgan fingerprint density at radius 1 is 1.15 bits per heavy atom. The Kier molecular flexibility index (Phi) is 6.08. The first-order valence-electron chi connectivity index (χ1n) is 10.4. The lowest BCUT2D eigenvalue weighted by Gasteiger charge is -2.42. The van der Waals surface area contributed by atoms with Gasteiger partial charge in [0.15, 0.2) is 0 Å². The molecule has 0 aromatic heterocycles. The smallest absolute Gasteiger partial charge is 0.410 e. The first kappa shape index (κ1) is 19.7. The van der Waals surface area contributed by atoms with Crippen LogP contribution in [-0.4, -0.2) is 23.1 Å². The van der Waals surface area contributed by atoms with Crippen LogP contribution in [0.15, 0.2) is 42.5 Å². The van der Waals surface area contributed by atoms with Crippen molar-refractivity contribution in [3.8, 4) is 0 Å². The minimum absolute atomic E-state index is 0.102. The van der Waals surface area contributed by atoms with Crippen LogP contribution in [-0.2, 0) is 4.74 Å². The number of rotatable bonds is 4. The third-order valence-corrected chi connectivity index (χ3v) is 5.43. The van der Waals surface area contributed by atoms with Crippen molar-refractivity contribution in [1.82, 2.24) is 4.90 Å². The highest BCUT2D eigenvalue weighted by Crippen LogP contribution is 2.40. The van der Waals surface area contributed by atoms with Crippen molar-refractivity contribution in [2.45, 2.75) is 71.4 Å². The average Bonchev–Trinajstić information content (AvgIpc) is 2.64. The highest BCUT2D eigenvalue weighted by Gasteiger charge is 2.37. The molecular formula is C24H33NO2. The lowest BCUT2D eigenvalue weighted by Crippen LogP contribution is -2.45. The molecule has 2 aromatic carbocycles. The molecule has 1 heterocycles. The molecule has 0 saturated carbocycles. The van der Waals surface area contributed by atoms with Crippen LogP contribution in [0.2, 0.25) is 0 Å². The van der Waals surface area contributed by atoms with Crippen molar-refractivity contribution in [1.29, 1.82) is 0 Å². The van der Waals surface area contributed by atoms with E-state index in [0.717, 1.165) is 19.4 Å². The highest BCUT2D eigenvalue weighted by atomic mass is 16.6. The molecule has 1 saturated heterocycles. The van der Waals surface area contributed by atoms with Gasteiger partial charge in [0, 0.05) is 6.54 Å². The summed E-state index contributed by atoms with van der Waals surface area (Å²) in [5, 5.41) is 2.48. The van der Waals surface area contributed by atoms with Crippen LogP contribution in [0.25, 0.3) is 10.8 Å². The standard InChI is InChI=1S/C24H33NO2/c1-5-6-10-19-13-9-16-25(23(26)27-24(2,3)4)22(19)21-15-14-18-11-7-8-12-20(18)17-21/h7-8,11-12,14-15,17,19,22H,5-6,9-10,13,16H2,1-4H3/t19-,22-/m0/s1. The Morgan fingerprint density at radius 3 is 2.59 bits per heavy atom. The summed E-state index contributed by atoms with van der Waals surface area (Å²) >= 11 is 0. The number of hydrogen-bond acceptors (Lipinski definition) is 2. The Balaban J connectivity index is 1.96. The van der Waals surface area contributed by atoms with Crippen LogP contribution in [0.3, 0.4) is 0 Å². The van der Waals surface area contributed by atoms with E-state index in [4.69, 9.17) is 4.74 Å². The number of benzene rings is 2. The third-order valence-electron chi connectivity index (χ3n) is 5.43. The zero-order valence-corrected chi connectivity index (χ0v) is 17.2. The Labute approximate surface area is 163 Å². The Morgan fingerprint density at radius 2 is 1.89 bits per heavy atom. The second-order valence-electron chi connectivity index (χ2n) is 8.77. The lowest BCUT2D eigenvalue weighted by atomic mass is 9.81. The lowest BCUT2D eigenvalue weighted by molar-refractivity contribution is -0.00169. The molecule has 1 aliphatic rings. The number of carbonyl (C=O) groups is 1. The molecule has 1 aliphatic heterocycles. The number of unbranched alkanes of at least 4 members (excludes halogenated alkanes) is 1. The maximum atomic E-state index is 13.0. The van der Waals surface area contributed by atoms with E-state index in [9.17, 15) is 4.79 Å². The van der Waals surface area contributed by atoms with Gasteiger partial charge < -0.3 is 9.64 Å². The summed E-state index contributed by atoms with van der Waals surface area (Å²) in [5.74, 6) is 0.493. The average molecular weight is 368 g/mol. The fourth-order valence-electron chi connectivity index (χ4n) is 4.21. The molecule has 0 bridgehead atoms. The van der Waals surface area contributed by atoms with Crippen LogP contribution >= 0.6 is 0 Å². The van der Waals surface area contributed by atoms with Gasteiger partial charge in [-0.25, -0.2) is 4.79 Å². The molecule has 1 amide bonds. The van der Waals surface area contributed by atoms with Crippen LogP contribution in [0.1, 0.15) is 71.4 Å². The van der Waals surface area contributed by atoms with Crippen molar-refractivity contribution in [2.24, 2.45) is 5.92 Å². The van der Waals surface area contributed by atoms with E-state index in [2.05, 4.69) is 49.4 Å². The second kappa shape index (κ2) is 8.33. The first-order valence-corrected chi connectivity index (χ1v) is 10.4. The summed E-state index contributed by atoms with van der Waals surface area (Å²) in [4.78, 5) is 15.0. The summed E-state index contributed by atoms with van der Waals surface area (Å²) in [6, 6.07) is 15.2. The van der Waals surface area contributed by atoms with E-state index in [1.807, 2.05) is 25.7 Å². The van der Waals surface area contributed by atoms with E-state index < -0.39 is 5.60 Å². The summed E-state index contributed by atoms with van der Waals surface area (Å²) < 4.78 is 5.76. The van der Waals surface area contributed by atoms with E-state index in [1.54, 1.807) is 0 Å². The molecule has 27 heavy (non-hydrogen) atoms.